The first-order valence-corrected chi connectivity index (χ1v) is 7.60. The first kappa shape index (κ1) is 13.1. The van der Waals surface area contributed by atoms with Crippen LogP contribution in [-0.2, 0) is 6.54 Å². The molecule has 19 heavy (non-hydrogen) atoms. The molecule has 1 saturated carbocycles. The summed E-state index contributed by atoms with van der Waals surface area (Å²) >= 11 is 0. The molecule has 5 nitrogen and oxygen atoms in total. The van der Waals surface area contributed by atoms with Crippen molar-refractivity contribution in [3.63, 3.8) is 0 Å². The SMILES string of the molecule is CCC1CN(Cc2nc(C3CC3)no2)C(CC)CN1. The van der Waals surface area contributed by atoms with Gasteiger partial charge >= 0.3 is 0 Å². The van der Waals surface area contributed by atoms with Gasteiger partial charge in [-0.1, -0.05) is 19.0 Å². The quantitative estimate of drug-likeness (QED) is 0.880. The van der Waals surface area contributed by atoms with Crippen LogP contribution in [0.1, 0.15) is 57.2 Å². The molecule has 106 valence electrons. The summed E-state index contributed by atoms with van der Waals surface area (Å²) in [6.45, 7) is 7.43. The lowest BCUT2D eigenvalue weighted by atomic mass is 10.1. The largest absolute Gasteiger partial charge is 0.338 e. The molecule has 5 heteroatoms. The van der Waals surface area contributed by atoms with Crippen molar-refractivity contribution in [3.8, 4) is 0 Å². The van der Waals surface area contributed by atoms with Gasteiger partial charge in [-0.3, -0.25) is 4.90 Å². The van der Waals surface area contributed by atoms with Crippen LogP contribution in [0.15, 0.2) is 4.52 Å². The van der Waals surface area contributed by atoms with Crippen LogP contribution in [-0.4, -0.2) is 40.2 Å². The van der Waals surface area contributed by atoms with Crippen LogP contribution in [0.5, 0.6) is 0 Å². The number of hydrogen-bond acceptors (Lipinski definition) is 5. The molecule has 2 fully saturated rings. The standard InChI is InChI=1S/C14H24N4O/c1-3-11-8-18(12(4-2)7-15-11)9-13-16-14(17-19-13)10-5-6-10/h10-12,15H,3-9H2,1-2H3. The van der Waals surface area contributed by atoms with E-state index in [1.807, 2.05) is 0 Å². The maximum Gasteiger partial charge on any atom is 0.240 e. The van der Waals surface area contributed by atoms with Gasteiger partial charge in [-0.25, -0.2) is 0 Å². The molecule has 0 radical (unpaired) electrons. The van der Waals surface area contributed by atoms with Crippen molar-refractivity contribution in [2.24, 2.45) is 0 Å². The van der Waals surface area contributed by atoms with Crippen molar-refractivity contribution < 1.29 is 4.52 Å². The summed E-state index contributed by atoms with van der Waals surface area (Å²) in [5.74, 6) is 2.29. The average Bonchev–Trinajstić information content (AvgIpc) is 3.19. The zero-order valence-electron chi connectivity index (χ0n) is 11.9. The molecule has 3 rings (SSSR count). The monoisotopic (exact) mass is 264 g/mol. The van der Waals surface area contributed by atoms with Crippen LogP contribution in [0.4, 0.5) is 0 Å². The van der Waals surface area contributed by atoms with Gasteiger partial charge in [0.1, 0.15) is 0 Å². The van der Waals surface area contributed by atoms with Crippen LogP contribution in [0, 0.1) is 0 Å². The first-order chi connectivity index (χ1) is 9.30. The second-order valence-electron chi connectivity index (χ2n) is 5.83. The van der Waals surface area contributed by atoms with Crippen LogP contribution in [0.25, 0.3) is 0 Å². The van der Waals surface area contributed by atoms with Gasteiger partial charge in [-0.2, -0.15) is 4.98 Å². The Balaban J connectivity index is 1.64. The maximum absolute atomic E-state index is 5.41. The molecule has 0 amide bonds. The summed E-state index contributed by atoms with van der Waals surface area (Å²) in [6.07, 6.45) is 4.78. The predicted octanol–water partition coefficient (Wildman–Crippen LogP) is 1.91. The molecular formula is C14H24N4O. The molecule has 2 aliphatic rings. The first-order valence-electron chi connectivity index (χ1n) is 7.60. The van der Waals surface area contributed by atoms with E-state index in [0.29, 0.717) is 18.0 Å². The summed E-state index contributed by atoms with van der Waals surface area (Å²) in [4.78, 5) is 7.04. The van der Waals surface area contributed by atoms with E-state index in [-0.39, 0.29) is 0 Å². The zero-order chi connectivity index (χ0) is 13.2. The molecule has 0 spiro atoms. The Kier molecular flexibility index (Phi) is 3.84. The lowest BCUT2D eigenvalue weighted by Gasteiger charge is -2.39. The number of nitrogens with one attached hydrogen (secondary N) is 1. The average molecular weight is 264 g/mol. The molecular weight excluding hydrogens is 240 g/mol. The Morgan fingerprint density at radius 3 is 2.84 bits per heavy atom. The van der Waals surface area contributed by atoms with Crippen molar-refractivity contribution in [2.75, 3.05) is 13.1 Å². The van der Waals surface area contributed by atoms with Gasteiger partial charge < -0.3 is 9.84 Å². The third-order valence-electron chi connectivity index (χ3n) is 4.34. The summed E-state index contributed by atoms with van der Waals surface area (Å²) in [7, 11) is 0. The predicted molar refractivity (Wildman–Crippen MR) is 72.8 cm³/mol. The van der Waals surface area contributed by atoms with E-state index >= 15 is 0 Å². The van der Waals surface area contributed by atoms with E-state index in [2.05, 4.69) is 34.2 Å². The second kappa shape index (κ2) is 5.59. The summed E-state index contributed by atoms with van der Waals surface area (Å²) in [5, 5.41) is 7.72. The van der Waals surface area contributed by atoms with Crippen LogP contribution < -0.4 is 5.32 Å². The Morgan fingerprint density at radius 2 is 2.16 bits per heavy atom. The van der Waals surface area contributed by atoms with E-state index in [4.69, 9.17) is 4.52 Å². The molecule has 1 aliphatic heterocycles. The minimum atomic E-state index is 0.575. The smallest absolute Gasteiger partial charge is 0.240 e. The molecule has 1 aromatic heterocycles. The third kappa shape index (κ3) is 2.98. The van der Waals surface area contributed by atoms with Gasteiger partial charge in [0.15, 0.2) is 5.82 Å². The fourth-order valence-electron chi connectivity index (χ4n) is 2.81. The molecule has 0 aromatic carbocycles. The Labute approximate surface area is 114 Å². The fraction of sp³-hybridized carbons (Fsp3) is 0.857. The van der Waals surface area contributed by atoms with E-state index in [1.54, 1.807) is 0 Å². The van der Waals surface area contributed by atoms with Gasteiger partial charge in [0.2, 0.25) is 5.89 Å². The lowest BCUT2D eigenvalue weighted by molar-refractivity contribution is 0.104. The zero-order valence-corrected chi connectivity index (χ0v) is 11.9. The summed E-state index contributed by atoms with van der Waals surface area (Å²) in [6, 6.07) is 1.17. The van der Waals surface area contributed by atoms with Gasteiger partial charge in [-0.15, -0.1) is 0 Å². The van der Waals surface area contributed by atoms with Crippen molar-refractivity contribution in [1.82, 2.24) is 20.4 Å². The van der Waals surface area contributed by atoms with Crippen molar-refractivity contribution in [1.29, 1.82) is 0 Å². The normalized spacial score (nSPS) is 28.7. The Hall–Kier alpha value is -0.940. The highest BCUT2D eigenvalue weighted by atomic mass is 16.5. The van der Waals surface area contributed by atoms with Gasteiger partial charge in [0, 0.05) is 31.1 Å². The van der Waals surface area contributed by atoms with E-state index in [0.717, 1.165) is 37.8 Å². The molecule has 2 heterocycles. The highest BCUT2D eigenvalue weighted by molar-refractivity contribution is 5.03. The number of rotatable bonds is 5. The highest BCUT2D eigenvalue weighted by Gasteiger charge is 2.30. The Morgan fingerprint density at radius 1 is 1.32 bits per heavy atom. The van der Waals surface area contributed by atoms with Gasteiger partial charge in [0.05, 0.1) is 6.54 Å². The van der Waals surface area contributed by atoms with Crippen LogP contribution >= 0.6 is 0 Å². The topological polar surface area (TPSA) is 54.2 Å². The van der Waals surface area contributed by atoms with E-state index in [1.165, 1.54) is 19.3 Å². The van der Waals surface area contributed by atoms with Gasteiger partial charge in [-0.05, 0) is 25.7 Å². The molecule has 0 bridgehead atoms. The maximum atomic E-state index is 5.41. The third-order valence-corrected chi connectivity index (χ3v) is 4.34. The van der Waals surface area contributed by atoms with Crippen molar-refractivity contribution in [3.05, 3.63) is 11.7 Å². The molecule has 2 atom stereocenters. The minimum Gasteiger partial charge on any atom is -0.338 e. The van der Waals surface area contributed by atoms with Crippen molar-refractivity contribution in [2.45, 2.75) is 64.1 Å². The fourth-order valence-corrected chi connectivity index (χ4v) is 2.81. The molecule has 1 N–H and O–H groups in total. The van der Waals surface area contributed by atoms with Crippen LogP contribution in [0.3, 0.4) is 0 Å². The molecule has 1 aliphatic carbocycles. The van der Waals surface area contributed by atoms with Gasteiger partial charge in [0.25, 0.3) is 0 Å². The number of piperazine rings is 1. The van der Waals surface area contributed by atoms with Crippen molar-refractivity contribution >= 4 is 0 Å². The van der Waals surface area contributed by atoms with E-state index < -0.39 is 0 Å². The molecule has 2 unspecified atom stereocenters. The highest BCUT2D eigenvalue weighted by Crippen LogP contribution is 2.38. The van der Waals surface area contributed by atoms with E-state index in [9.17, 15) is 0 Å². The number of nitrogens with zero attached hydrogens (tertiary/aromatic N) is 3. The van der Waals surface area contributed by atoms with Crippen LogP contribution in [0.2, 0.25) is 0 Å². The molecule has 1 saturated heterocycles. The Bertz CT molecular complexity index is 415. The number of aromatic nitrogens is 2. The summed E-state index contributed by atoms with van der Waals surface area (Å²) < 4.78 is 5.41. The molecule has 1 aromatic rings. The summed E-state index contributed by atoms with van der Waals surface area (Å²) in [5.41, 5.74) is 0. The number of hydrogen-bond donors (Lipinski definition) is 1. The lowest BCUT2D eigenvalue weighted by Crippen LogP contribution is -2.55. The second-order valence-corrected chi connectivity index (χ2v) is 5.83. The minimum absolute atomic E-state index is 0.575.